The zero-order chi connectivity index (χ0) is 12.5. The predicted molar refractivity (Wildman–Crippen MR) is 75.0 cm³/mol. The lowest BCUT2D eigenvalue weighted by Gasteiger charge is -2.00. The normalized spacial score (nSPS) is 10.9. The summed E-state index contributed by atoms with van der Waals surface area (Å²) >= 11 is 1.27. The molecule has 90 valence electrons. The number of thiazole rings is 1. The number of hydrogen-bond donors (Lipinski definition) is 0. The lowest BCUT2D eigenvalue weighted by molar-refractivity contribution is 0.750. The molecule has 0 bridgehead atoms. The van der Waals surface area contributed by atoms with Crippen LogP contribution in [0.4, 0.5) is 0 Å². The molecule has 2 heterocycles. The predicted octanol–water partition coefficient (Wildman–Crippen LogP) is 3.14. The average molecular weight is 256 g/mol. The Bertz CT molecular complexity index is 758. The lowest BCUT2D eigenvalue weighted by atomic mass is 10.1. The molecule has 3 aromatic rings. The summed E-state index contributed by atoms with van der Waals surface area (Å²) in [6, 6.07) is 10.1. The van der Waals surface area contributed by atoms with Crippen molar-refractivity contribution in [3.8, 4) is 10.4 Å². The van der Waals surface area contributed by atoms with Crippen LogP contribution in [0.2, 0.25) is 0 Å². The Labute approximate surface area is 108 Å². The molecule has 1 aromatic carbocycles. The van der Waals surface area contributed by atoms with Gasteiger partial charge in [-0.2, -0.15) is 0 Å². The first-order valence-electron chi connectivity index (χ1n) is 5.83. The fourth-order valence-electron chi connectivity index (χ4n) is 1.93. The van der Waals surface area contributed by atoms with Crippen LogP contribution in [0.3, 0.4) is 0 Å². The molecule has 0 aliphatic rings. The molecule has 4 heteroatoms. The van der Waals surface area contributed by atoms with Gasteiger partial charge in [0.2, 0.25) is 0 Å². The Morgan fingerprint density at radius 2 is 2.17 bits per heavy atom. The summed E-state index contributed by atoms with van der Waals surface area (Å²) in [5.74, 6) is 0. The van der Waals surface area contributed by atoms with E-state index < -0.39 is 0 Å². The number of para-hydroxylation sites is 1. The van der Waals surface area contributed by atoms with Gasteiger partial charge in [-0.05, 0) is 19.1 Å². The molecular formula is C14H12N2OS. The van der Waals surface area contributed by atoms with Gasteiger partial charge in [0.15, 0.2) is 0 Å². The molecule has 0 saturated carbocycles. The van der Waals surface area contributed by atoms with Crippen molar-refractivity contribution in [3.63, 3.8) is 0 Å². The molecule has 3 rings (SSSR count). The molecule has 0 radical (unpaired) electrons. The van der Waals surface area contributed by atoms with Gasteiger partial charge in [-0.3, -0.25) is 9.78 Å². The fraction of sp³-hybridized carbons (Fsp3) is 0.143. The van der Waals surface area contributed by atoms with Crippen LogP contribution in [0, 0.1) is 0 Å². The highest BCUT2D eigenvalue weighted by Gasteiger charge is 2.06. The first-order chi connectivity index (χ1) is 8.78. The van der Waals surface area contributed by atoms with Crippen LogP contribution in [-0.4, -0.2) is 9.55 Å². The van der Waals surface area contributed by atoms with E-state index in [0.29, 0.717) is 6.54 Å². The van der Waals surface area contributed by atoms with E-state index in [4.69, 9.17) is 0 Å². The molecule has 0 atom stereocenters. The maximum atomic E-state index is 11.7. The second-order valence-corrected chi connectivity index (χ2v) is 5.06. The van der Waals surface area contributed by atoms with Crippen molar-refractivity contribution in [3.05, 3.63) is 52.4 Å². The topological polar surface area (TPSA) is 34.9 Å². The highest BCUT2D eigenvalue weighted by atomic mass is 32.1. The second kappa shape index (κ2) is 4.38. The molecule has 0 spiro atoms. The molecule has 0 aliphatic heterocycles. The van der Waals surface area contributed by atoms with Crippen molar-refractivity contribution < 1.29 is 0 Å². The third kappa shape index (κ3) is 1.84. The Kier molecular flexibility index (Phi) is 2.72. The molecule has 0 unspecified atom stereocenters. The van der Waals surface area contributed by atoms with Crippen molar-refractivity contribution in [1.82, 2.24) is 9.55 Å². The average Bonchev–Trinajstić information content (AvgIpc) is 2.79. The van der Waals surface area contributed by atoms with Crippen LogP contribution >= 0.6 is 11.3 Å². The number of rotatable bonds is 2. The van der Waals surface area contributed by atoms with E-state index in [2.05, 4.69) is 11.1 Å². The van der Waals surface area contributed by atoms with Gasteiger partial charge in [0, 0.05) is 29.9 Å². The standard InChI is InChI=1S/C14H12N2OS/c1-2-16-9-13(18-14(16)17)11-7-10-5-3-4-6-12(10)15-8-11/h3-9H,2H2,1H3. The van der Waals surface area contributed by atoms with Crippen LogP contribution in [0.15, 0.2) is 47.5 Å². The summed E-state index contributed by atoms with van der Waals surface area (Å²) < 4.78 is 1.72. The van der Waals surface area contributed by atoms with E-state index >= 15 is 0 Å². The van der Waals surface area contributed by atoms with E-state index in [-0.39, 0.29) is 4.87 Å². The molecule has 0 N–H and O–H groups in total. The lowest BCUT2D eigenvalue weighted by Crippen LogP contribution is -2.09. The number of benzene rings is 1. The summed E-state index contributed by atoms with van der Waals surface area (Å²) in [7, 11) is 0. The van der Waals surface area contributed by atoms with Gasteiger partial charge in [-0.15, -0.1) is 0 Å². The third-order valence-corrected chi connectivity index (χ3v) is 3.89. The van der Waals surface area contributed by atoms with Crippen LogP contribution in [0.5, 0.6) is 0 Å². The van der Waals surface area contributed by atoms with Gasteiger partial charge < -0.3 is 4.57 Å². The minimum absolute atomic E-state index is 0.0839. The molecule has 18 heavy (non-hydrogen) atoms. The van der Waals surface area contributed by atoms with Crippen molar-refractivity contribution in [1.29, 1.82) is 0 Å². The first-order valence-corrected chi connectivity index (χ1v) is 6.65. The summed E-state index contributed by atoms with van der Waals surface area (Å²) in [5.41, 5.74) is 1.98. The van der Waals surface area contributed by atoms with Crippen LogP contribution in [-0.2, 0) is 6.54 Å². The number of hydrogen-bond acceptors (Lipinski definition) is 3. The van der Waals surface area contributed by atoms with E-state index in [1.54, 1.807) is 4.57 Å². The minimum Gasteiger partial charge on any atom is -0.306 e. The molecular weight excluding hydrogens is 244 g/mol. The Balaban J connectivity index is 2.16. The molecule has 2 aromatic heterocycles. The largest absolute Gasteiger partial charge is 0.307 e. The zero-order valence-electron chi connectivity index (χ0n) is 9.96. The molecule has 0 fully saturated rings. The maximum Gasteiger partial charge on any atom is 0.307 e. The highest BCUT2D eigenvalue weighted by molar-refractivity contribution is 7.12. The Morgan fingerprint density at radius 3 is 2.94 bits per heavy atom. The third-order valence-electron chi connectivity index (χ3n) is 2.92. The van der Waals surface area contributed by atoms with Gasteiger partial charge in [-0.1, -0.05) is 29.5 Å². The number of aryl methyl sites for hydroxylation is 1. The van der Waals surface area contributed by atoms with Crippen molar-refractivity contribution >= 4 is 22.2 Å². The van der Waals surface area contributed by atoms with Gasteiger partial charge in [0.1, 0.15) is 0 Å². The van der Waals surface area contributed by atoms with E-state index in [1.165, 1.54) is 11.3 Å². The Morgan fingerprint density at radius 1 is 1.33 bits per heavy atom. The van der Waals surface area contributed by atoms with Crippen LogP contribution < -0.4 is 4.87 Å². The molecule has 0 amide bonds. The number of nitrogens with zero attached hydrogens (tertiary/aromatic N) is 2. The summed E-state index contributed by atoms with van der Waals surface area (Å²) in [4.78, 5) is 17.1. The quantitative estimate of drug-likeness (QED) is 0.706. The second-order valence-electron chi connectivity index (χ2n) is 4.06. The first kappa shape index (κ1) is 11.2. The number of fused-ring (bicyclic) bond motifs is 1. The van der Waals surface area contributed by atoms with Gasteiger partial charge >= 0.3 is 4.87 Å². The molecule has 3 nitrogen and oxygen atoms in total. The van der Waals surface area contributed by atoms with Crippen LogP contribution in [0.25, 0.3) is 21.3 Å². The van der Waals surface area contributed by atoms with Gasteiger partial charge in [0.25, 0.3) is 0 Å². The number of pyridine rings is 1. The van der Waals surface area contributed by atoms with Crippen molar-refractivity contribution in [2.24, 2.45) is 0 Å². The minimum atomic E-state index is 0.0839. The summed E-state index contributed by atoms with van der Waals surface area (Å²) in [6.45, 7) is 2.67. The molecule has 0 aliphatic carbocycles. The monoisotopic (exact) mass is 256 g/mol. The number of aromatic nitrogens is 2. The fourth-order valence-corrected chi connectivity index (χ4v) is 2.83. The highest BCUT2D eigenvalue weighted by Crippen LogP contribution is 2.24. The van der Waals surface area contributed by atoms with E-state index in [9.17, 15) is 4.79 Å². The van der Waals surface area contributed by atoms with Crippen LogP contribution in [0.1, 0.15) is 6.92 Å². The zero-order valence-corrected chi connectivity index (χ0v) is 10.8. The van der Waals surface area contributed by atoms with Gasteiger partial charge in [0.05, 0.1) is 10.4 Å². The van der Waals surface area contributed by atoms with Crippen molar-refractivity contribution in [2.75, 3.05) is 0 Å². The van der Waals surface area contributed by atoms with E-state index in [0.717, 1.165) is 21.3 Å². The summed E-state index contributed by atoms with van der Waals surface area (Å²) in [5, 5.41) is 1.10. The summed E-state index contributed by atoms with van der Waals surface area (Å²) in [6.07, 6.45) is 3.73. The van der Waals surface area contributed by atoms with E-state index in [1.807, 2.05) is 43.6 Å². The maximum absolute atomic E-state index is 11.7. The Hall–Kier alpha value is -1.94. The SMILES string of the molecule is CCn1cc(-c2cnc3ccccc3c2)sc1=O. The smallest absolute Gasteiger partial charge is 0.306 e. The van der Waals surface area contributed by atoms with Crippen molar-refractivity contribution in [2.45, 2.75) is 13.5 Å². The van der Waals surface area contributed by atoms with Gasteiger partial charge in [-0.25, -0.2) is 0 Å². The molecule has 0 saturated heterocycles.